The fourth-order valence-corrected chi connectivity index (χ4v) is 1.82. The second-order valence-corrected chi connectivity index (χ2v) is 5.04. The largest absolute Gasteiger partial charge is 0.491 e. The number of nitrogens with one attached hydrogen (secondary N) is 1. The van der Waals surface area contributed by atoms with Gasteiger partial charge in [-0.1, -0.05) is 26.0 Å². The summed E-state index contributed by atoms with van der Waals surface area (Å²) in [5.41, 5.74) is 0.433. The van der Waals surface area contributed by atoms with E-state index in [1.807, 2.05) is 32.0 Å². The third-order valence-corrected chi connectivity index (χ3v) is 3.53. The van der Waals surface area contributed by atoms with Crippen molar-refractivity contribution in [1.82, 2.24) is 5.32 Å². The average molecular weight is 281 g/mol. The molecule has 0 atom stereocenters. The number of benzene rings is 1. The van der Waals surface area contributed by atoms with Gasteiger partial charge in [0.05, 0.1) is 12.2 Å². The highest BCUT2D eigenvalue weighted by molar-refractivity contribution is 5.28. The standard InChI is InChI=1S/C16H27NO3/c1-4-16(18,5-2)13-20-15-8-6-7-14(11-15)12-17-9-10-19-3/h6-8,11,17-18H,4-5,9-10,12-13H2,1-3H3. The van der Waals surface area contributed by atoms with Gasteiger partial charge in [-0.15, -0.1) is 0 Å². The van der Waals surface area contributed by atoms with Gasteiger partial charge in [0.2, 0.25) is 0 Å². The highest BCUT2D eigenvalue weighted by Gasteiger charge is 2.22. The van der Waals surface area contributed by atoms with Crippen molar-refractivity contribution in [3.05, 3.63) is 29.8 Å². The normalized spacial score (nSPS) is 11.6. The van der Waals surface area contributed by atoms with Gasteiger partial charge in [0.25, 0.3) is 0 Å². The second kappa shape index (κ2) is 8.95. The molecule has 0 bridgehead atoms. The molecule has 4 nitrogen and oxygen atoms in total. The summed E-state index contributed by atoms with van der Waals surface area (Å²) in [5.74, 6) is 0.802. The zero-order valence-corrected chi connectivity index (χ0v) is 12.8. The van der Waals surface area contributed by atoms with E-state index in [0.29, 0.717) is 26.1 Å². The van der Waals surface area contributed by atoms with E-state index in [-0.39, 0.29) is 0 Å². The van der Waals surface area contributed by atoms with Gasteiger partial charge in [-0.25, -0.2) is 0 Å². The molecule has 0 saturated carbocycles. The Bertz CT molecular complexity index is 378. The van der Waals surface area contributed by atoms with E-state index >= 15 is 0 Å². The fraction of sp³-hybridized carbons (Fsp3) is 0.625. The van der Waals surface area contributed by atoms with Gasteiger partial charge in [0.1, 0.15) is 12.4 Å². The molecule has 0 saturated heterocycles. The molecule has 4 heteroatoms. The van der Waals surface area contributed by atoms with Gasteiger partial charge < -0.3 is 19.9 Å². The minimum absolute atomic E-state index is 0.334. The van der Waals surface area contributed by atoms with E-state index in [0.717, 1.165) is 24.4 Å². The summed E-state index contributed by atoms with van der Waals surface area (Å²) in [4.78, 5) is 0. The molecule has 0 amide bonds. The predicted octanol–water partition coefficient (Wildman–Crippen LogP) is 2.35. The number of rotatable bonds is 10. The zero-order valence-electron chi connectivity index (χ0n) is 12.8. The Morgan fingerprint density at radius 2 is 2.00 bits per heavy atom. The first kappa shape index (κ1) is 17.0. The van der Waals surface area contributed by atoms with Crippen molar-refractivity contribution >= 4 is 0 Å². The lowest BCUT2D eigenvalue weighted by Crippen LogP contribution is -2.34. The molecule has 0 aromatic heterocycles. The van der Waals surface area contributed by atoms with Crippen LogP contribution in [0.25, 0.3) is 0 Å². The van der Waals surface area contributed by atoms with E-state index in [4.69, 9.17) is 9.47 Å². The lowest BCUT2D eigenvalue weighted by Gasteiger charge is -2.25. The third kappa shape index (κ3) is 5.90. The summed E-state index contributed by atoms with van der Waals surface area (Å²) in [5, 5.41) is 13.5. The van der Waals surface area contributed by atoms with Crippen molar-refractivity contribution in [1.29, 1.82) is 0 Å². The lowest BCUT2D eigenvalue weighted by atomic mass is 9.99. The summed E-state index contributed by atoms with van der Waals surface area (Å²) in [6.45, 7) is 6.60. The second-order valence-electron chi connectivity index (χ2n) is 5.04. The summed E-state index contributed by atoms with van der Waals surface area (Å²) in [6, 6.07) is 7.95. The minimum atomic E-state index is -0.729. The molecule has 0 aliphatic heterocycles. The number of aliphatic hydroxyl groups is 1. The summed E-state index contributed by atoms with van der Waals surface area (Å²) >= 11 is 0. The van der Waals surface area contributed by atoms with Crippen LogP contribution in [-0.2, 0) is 11.3 Å². The molecule has 0 spiro atoms. The zero-order chi connectivity index (χ0) is 14.8. The Kier molecular flexibility index (Phi) is 7.59. The van der Waals surface area contributed by atoms with Crippen molar-refractivity contribution in [3.63, 3.8) is 0 Å². The highest BCUT2D eigenvalue weighted by Crippen LogP contribution is 2.19. The molecule has 0 radical (unpaired) electrons. The SMILES string of the molecule is CCC(O)(CC)COc1cccc(CNCCOC)c1. The minimum Gasteiger partial charge on any atom is -0.491 e. The Balaban J connectivity index is 2.47. The van der Waals surface area contributed by atoms with Crippen LogP contribution in [0.5, 0.6) is 5.75 Å². The van der Waals surface area contributed by atoms with Crippen LogP contribution in [0.2, 0.25) is 0 Å². The Morgan fingerprint density at radius 3 is 2.65 bits per heavy atom. The van der Waals surface area contributed by atoms with Crippen molar-refractivity contribution in [2.45, 2.75) is 38.8 Å². The lowest BCUT2D eigenvalue weighted by molar-refractivity contribution is -0.0113. The summed E-state index contributed by atoms with van der Waals surface area (Å²) < 4.78 is 10.7. The molecular weight excluding hydrogens is 254 g/mol. The van der Waals surface area contributed by atoms with Crippen LogP contribution >= 0.6 is 0 Å². The van der Waals surface area contributed by atoms with Gasteiger partial charge in [0, 0.05) is 20.2 Å². The molecule has 0 aliphatic rings. The Labute approximate surface area is 122 Å². The number of methoxy groups -OCH3 is 1. The summed E-state index contributed by atoms with van der Waals surface area (Å²) in [7, 11) is 1.69. The van der Waals surface area contributed by atoms with Gasteiger partial charge in [0.15, 0.2) is 0 Å². The Hall–Kier alpha value is -1.10. The molecule has 0 unspecified atom stereocenters. The van der Waals surface area contributed by atoms with Crippen LogP contribution in [0, 0.1) is 0 Å². The van der Waals surface area contributed by atoms with E-state index < -0.39 is 5.60 Å². The van der Waals surface area contributed by atoms with Gasteiger partial charge in [-0.05, 0) is 30.5 Å². The Morgan fingerprint density at radius 1 is 1.25 bits per heavy atom. The van der Waals surface area contributed by atoms with Crippen LogP contribution in [0.3, 0.4) is 0 Å². The van der Waals surface area contributed by atoms with E-state index in [1.165, 1.54) is 0 Å². The molecule has 0 fully saturated rings. The molecule has 0 aliphatic carbocycles. The molecule has 114 valence electrons. The fourth-order valence-electron chi connectivity index (χ4n) is 1.82. The van der Waals surface area contributed by atoms with Gasteiger partial charge in [-0.2, -0.15) is 0 Å². The maximum atomic E-state index is 10.2. The van der Waals surface area contributed by atoms with E-state index in [1.54, 1.807) is 7.11 Å². The van der Waals surface area contributed by atoms with E-state index in [9.17, 15) is 5.11 Å². The molecule has 0 heterocycles. The molecule has 2 N–H and O–H groups in total. The van der Waals surface area contributed by atoms with Crippen LogP contribution in [0.4, 0.5) is 0 Å². The molecular formula is C16H27NO3. The first-order valence-electron chi connectivity index (χ1n) is 7.27. The first-order chi connectivity index (χ1) is 9.63. The predicted molar refractivity (Wildman–Crippen MR) is 81.1 cm³/mol. The average Bonchev–Trinajstić information content (AvgIpc) is 2.50. The van der Waals surface area contributed by atoms with Crippen LogP contribution in [0.1, 0.15) is 32.3 Å². The number of ether oxygens (including phenoxy) is 2. The van der Waals surface area contributed by atoms with Crippen molar-refractivity contribution in [2.75, 3.05) is 26.9 Å². The molecule has 1 rings (SSSR count). The highest BCUT2D eigenvalue weighted by atomic mass is 16.5. The van der Waals surface area contributed by atoms with Gasteiger partial charge >= 0.3 is 0 Å². The smallest absolute Gasteiger partial charge is 0.119 e. The van der Waals surface area contributed by atoms with Crippen molar-refractivity contribution < 1.29 is 14.6 Å². The van der Waals surface area contributed by atoms with Gasteiger partial charge in [-0.3, -0.25) is 0 Å². The first-order valence-corrected chi connectivity index (χ1v) is 7.27. The number of hydrogen-bond acceptors (Lipinski definition) is 4. The molecule has 1 aromatic carbocycles. The number of hydrogen-bond donors (Lipinski definition) is 2. The quantitative estimate of drug-likeness (QED) is 0.646. The molecule has 1 aromatic rings. The topological polar surface area (TPSA) is 50.7 Å². The monoisotopic (exact) mass is 281 g/mol. The maximum absolute atomic E-state index is 10.2. The van der Waals surface area contributed by atoms with Crippen LogP contribution in [-0.4, -0.2) is 37.6 Å². The van der Waals surface area contributed by atoms with Crippen molar-refractivity contribution in [2.24, 2.45) is 0 Å². The van der Waals surface area contributed by atoms with E-state index in [2.05, 4.69) is 11.4 Å². The third-order valence-electron chi connectivity index (χ3n) is 3.53. The van der Waals surface area contributed by atoms with Crippen LogP contribution in [0.15, 0.2) is 24.3 Å². The van der Waals surface area contributed by atoms with Crippen LogP contribution < -0.4 is 10.1 Å². The van der Waals surface area contributed by atoms with Crippen molar-refractivity contribution in [3.8, 4) is 5.75 Å². The maximum Gasteiger partial charge on any atom is 0.119 e. The molecule has 20 heavy (non-hydrogen) atoms. The summed E-state index contributed by atoms with van der Waals surface area (Å²) in [6.07, 6.45) is 1.39.